The third kappa shape index (κ3) is 1.92. The minimum absolute atomic E-state index is 0.163. The Balaban J connectivity index is 1.68. The molecule has 22 heavy (non-hydrogen) atoms. The van der Waals surface area contributed by atoms with Crippen LogP contribution in [0.4, 0.5) is 0 Å². The van der Waals surface area contributed by atoms with Crippen molar-refractivity contribution in [2.24, 2.45) is 28.6 Å². The highest BCUT2D eigenvalue weighted by atomic mass is 28.2. The van der Waals surface area contributed by atoms with Gasteiger partial charge in [-0.1, -0.05) is 20.3 Å². The maximum absolute atomic E-state index is 12.0. The fraction of sp³-hybridized carbons (Fsp3) is 0.944. The van der Waals surface area contributed by atoms with Crippen LogP contribution in [-0.4, -0.2) is 28.5 Å². The SMILES string of the molecule is C[C@@]12CCC[C@H]1[C@@H]1CC[C@H]3NC(=O)CC(O[SiH3])[C@]3(C)[C@H]1CC2. The molecule has 1 saturated heterocycles. The average molecular weight is 322 g/mol. The van der Waals surface area contributed by atoms with Crippen molar-refractivity contribution in [3.05, 3.63) is 0 Å². The van der Waals surface area contributed by atoms with Crippen molar-refractivity contribution in [2.45, 2.75) is 77.4 Å². The maximum Gasteiger partial charge on any atom is 0.222 e. The van der Waals surface area contributed by atoms with Gasteiger partial charge in [-0.25, -0.2) is 0 Å². The number of hydrogen-bond acceptors (Lipinski definition) is 2. The lowest BCUT2D eigenvalue weighted by Gasteiger charge is -2.61. The molecule has 1 aliphatic heterocycles. The first-order valence-electron chi connectivity index (χ1n) is 9.31. The lowest BCUT2D eigenvalue weighted by molar-refractivity contribution is -0.155. The highest BCUT2D eigenvalue weighted by Crippen LogP contribution is 2.64. The van der Waals surface area contributed by atoms with Crippen LogP contribution in [0.5, 0.6) is 0 Å². The van der Waals surface area contributed by atoms with E-state index in [0.717, 1.165) is 34.7 Å². The molecule has 1 heterocycles. The number of amides is 1. The van der Waals surface area contributed by atoms with Gasteiger partial charge >= 0.3 is 0 Å². The predicted octanol–water partition coefficient (Wildman–Crippen LogP) is 2.17. The Hall–Kier alpha value is -0.353. The van der Waals surface area contributed by atoms with Crippen molar-refractivity contribution >= 4 is 16.4 Å². The van der Waals surface area contributed by atoms with Gasteiger partial charge in [-0.05, 0) is 61.7 Å². The van der Waals surface area contributed by atoms with E-state index in [1.165, 1.54) is 38.5 Å². The fourth-order valence-corrected chi connectivity index (χ4v) is 7.73. The third-order valence-electron chi connectivity index (χ3n) is 8.24. The van der Waals surface area contributed by atoms with E-state index >= 15 is 0 Å². The van der Waals surface area contributed by atoms with Crippen molar-refractivity contribution in [1.29, 1.82) is 0 Å². The highest BCUT2D eigenvalue weighted by molar-refractivity contribution is 5.98. The Labute approximate surface area is 137 Å². The van der Waals surface area contributed by atoms with E-state index in [0.29, 0.717) is 17.9 Å². The van der Waals surface area contributed by atoms with Gasteiger partial charge in [0.25, 0.3) is 0 Å². The summed E-state index contributed by atoms with van der Waals surface area (Å²) in [5.41, 5.74) is 0.780. The highest BCUT2D eigenvalue weighted by Gasteiger charge is 2.61. The number of rotatable bonds is 1. The predicted molar refractivity (Wildman–Crippen MR) is 90.4 cm³/mol. The van der Waals surface area contributed by atoms with Gasteiger partial charge < -0.3 is 9.74 Å². The molecule has 4 fully saturated rings. The smallest absolute Gasteiger partial charge is 0.222 e. The molecule has 4 heteroatoms. The molecule has 124 valence electrons. The Kier molecular flexibility index (Phi) is 3.50. The lowest BCUT2D eigenvalue weighted by Crippen LogP contribution is -2.66. The molecule has 0 spiro atoms. The second kappa shape index (κ2) is 5.07. The summed E-state index contributed by atoms with van der Waals surface area (Å²) in [7, 11) is 0.740. The van der Waals surface area contributed by atoms with Crippen LogP contribution in [0.2, 0.25) is 0 Å². The number of fused-ring (bicyclic) bond motifs is 5. The second-order valence-corrected chi connectivity index (χ2v) is 9.43. The maximum atomic E-state index is 12.0. The van der Waals surface area contributed by atoms with Gasteiger partial charge in [0.15, 0.2) is 0 Å². The normalized spacial score (nSPS) is 54.3. The van der Waals surface area contributed by atoms with Crippen molar-refractivity contribution in [1.82, 2.24) is 5.32 Å². The van der Waals surface area contributed by atoms with E-state index in [1.807, 2.05) is 0 Å². The summed E-state index contributed by atoms with van der Waals surface area (Å²) in [5, 5.41) is 3.32. The zero-order valence-corrected chi connectivity index (χ0v) is 16.4. The molecule has 3 aliphatic carbocycles. The number of nitrogens with one attached hydrogen (secondary N) is 1. The quantitative estimate of drug-likeness (QED) is 0.752. The molecule has 3 saturated carbocycles. The summed E-state index contributed by atoms with van der Waals surface area (Å²) in [4.78, 5) is 12.0. The van der Waals surface area contributed by atoms with Crippen LogP contribution in [0.25, 0.3) is 0 Å². The van der Waals surface area contributed by atoms with Crippen LogP contribution in [0, 0.1) is 28.6 Å². The lowest BCUT2D eigenvalue weighted by atomic mass is 9.47. The van der Waals surface area contributed by atoms with E-state index in [2.05, 4.69) is 19.2 Å². The number of carbonyl (C=O) groups excluding carboxylic acids is 1. The summed E-state index contributed by atoms with van der Waals surface area (Å²) in [6, 6.07) is 0.347. The molecule has 3 nitrogen and oxygen atoms in total. The van der Waals surface area contributed by atoms with Crippen LogP contribution in [-0.2, 0) is 9.22 Å². The van der Waals surface area contributed by atoms with Gasteiger partial charge in [-0.2, -0.15) is 0 Å². The first kappa shape index (κ1) is 15.2. The zero-order valence-electron chi connectivity index (χ0n) is 14.4. The first-order valence-corrected chi connectivity index (χ1v) is 10.1. The molecule has 1 unspecified atom stereocenters. The average Bonchev–Trinajstić information content (AvgIpc) is 2.89. The van der Waals surface area contributed by atoms with Gasteiger partial charge in [0.1, 0.15) is 10.5 Å². The van der Waals surface area contributed by atoms with Crippen molar-refractivity contribution < 1.29 is 9.22 Å². The fourth-order valence-electron chi connectivity index (χ4n) is 7.05. The Morgan fingerprint density at radius 1 is 1.14 bits per heavy atom. The van der Waals surface area contributed by atoms with E-state index in [9.17, 15) is 4.79 Å². The first-order chi connectivity index (χ1) is 10.5. The van der Waals surface area contributed by atoms with Gasteiger partial charge in [0, 0.05) is 11.5 Å². The molecular weight excluding hydrogens is 290 g/mol. The Bertz CT molecular complexity index is 472. The van der Waals surface area contributed by atoms with Gasteiger partial charge in [0.05, 0.1) is 12.5 Å². The largest absolute Gasteiger partial charge is 0.424 e. The van der Waals surface area contributed by atoms with E-state index < -0.39 is 0 Å². The monoisotopic (exact) mass is 321 g/mol. The Morgan fingerprint density at radius 3 is 2.73 bits per heavy atom. The van der Waals surface area contributed by atoms with Gasteiger partial charge in [-0.3, -0.25) is 4.79 Å². The topological polar surface area (TPSA) is 38.3 Å². The van der Waals surface area contributed by atoms with E-state index in [-0.39, 0.29) is 17.4 Å². The van der Waals surface area contributed by atoms with Crippen LogP contribution >= 0.6 is 0 Å². The van der Waals surface area contributed by atoms with Crippen LogP contribution < -0.4 is 5.32 Å². The molecule has 0 bridgehead atoms. The van der Waals surface area contributed by atoms with Gasteiger partial charge in [0.2, 0.25) is 5.91 Å². The minimum atomic E-state index is 0.163. The molecule has 1 amide bonds. The molecule has 0 aromatic rings. The van der Waals surface area contributed by atoms with E-state index in [4.69, 9.17) is 4.43 Å². The molecule has 0 aromatic heterocycles. The minimum Gasteiger partial charge on any atom is -0.424 e. The molecular formula is C18H31NO2Si. The third-order valence-corrected chi connectivity index (χ3v) is 8.81. The van der Waals surface area contributed by atoms with Gasteiger partial charge in [-0.15, -0.1) is 0 Å². The van der Waals surface area contributed by atoms with Crippen LogP contribution in [0.15, 0.2) is 0 Å². The standard InChI is InChI=1S/C18H31NO2Si/c1-17-8-3-4-12(17)11-5-6-14-18(2,13(11)7-9-17)15(21-22)10-16(20)19-14/h11-15H,3-10H2,1-2,22H3,(H,19,20)/t11-,12-,13-,14+,15?,17-,18+/m0/s1. The second-order valence-electron chi connectivity index (χ2n) is 8.95. The molecule has 4 rings (SSSR count). The molecule has 4 aliphatic rings. The summed E-state index contributed by atoms with van der Waals surface area (Å²) < 4.78 is 6.00. The summed E-state index contributed by atoms with van der Waals surface area (Å²) in [6.07, 6.45) is 10.3. The van der Waals surface area contributed by atoms with E-state index in [1.54, 1.807) is 0 Å². The Morgan fingerprint density at radius 2 is 1.95 bits per heavy atom. The zero-order chi connectivity index (χ0) is 15.5. The molecule has 1 N–H and O–H groups in total. The number of piperidine rings is 1. The van der Waals surface area contributed by atoms with Crippen molar-refractivity contribution in [3.63, 3.8) is 0 Å². The summed E-state index contributed by atoms with van der Waals surface area (Å²) in [5.74, 6) is 2.76. The molecule has 0 aromatic carbocycles. The van der Waals surface area contributed by atoms with Crippen molar-refractivity contribution in [2.75, 3.05) is 0 Å². The molecule has 0 radical (unpaired) electrons. The number of hydrogen-bond donors (Lipinski definition) is 1. The summed E-state index contributed by atoms with van der Waals surface area (Å²) in [6.45, 7) is 4.99. The number of carbonyl (C=O) groups is 1. The van der Waals surface area contributed by atoms with Crippen LogP contribution in [0.3, 0.4) is 0 Å². The van der Waals surface area contributed by atoms with Crippen molar-refractivity contribution in [3.8, 4) is 0 Å². The summed E-state index contributed by atoms with van der Waals surface area (Å²) >= 11 is 0. The molecule has 7 atom stereocenters. The van der Waals surface area contributed by atoms with Crippen LogP contribution in [0.1, 0.15) is 65.2 Å².